The Morgan fingerprint density at radius 2 is 2.33 bits per heavy atom. The predicted octanol–water partition coefficient (Wildman–Crippen LogP) is 1.92. The van der Waals surface area contributed by atoms with E-state index in [9.17, 15) is 0 Å². The number of anilines is 2. The number of nitrogen functional groups attached to an aromatic ring is 1. The molecule has 0 aliphatic carbocycles. The van der Waals surface area contributed by atoms with Crippen molar-refractivity contribution in [2.45, 2.75) is 26.3 Å². The average Bonchev–Trinajstić information content (AvgIpc) is 2.20. The quantitative estimate of drug-likeness (QED) is 0.803. The van der Waals surface area contributed by atoms with Crippen LogP contribution in [0.15, 0.2) is 6.20 Å². The zero-order chi connectivity index (χ0) is 11.3. The summed E-state index contributed by atoms with van der Waals surface area (Å²) in [6.45, 7) is 4.12. The molecule has 15 heavy (non-hydrogen) atoms. The van der Waals surface area contributed by atoms with Crippen molar-refractivity contribution in [3.63, 3.8) is 0 Å². The third-order valence-electron chi connectivity index (χ3n) is 2.13. The van der Waals surface area contributed by atoms with Gasteiger partial charge in [0, 0.05) is 17.8 Å². The third-order valence-corrected chi connectivity index (χ3v) is 2.77. The van der Waals surface area contributed by atoms with E-state index in [1.165, 1.54) is 0 Å². The Hall–Kier alpha value is -0.970. The van der Waals surface area contributed by atoms with Crippen molar-refractivity contribution in [1.29, 1.82) is 0 Å². The molecule has 1 aromatic heterocycles. The van der Waals surface area contributed by atoms with Crippen LogP contribution in [-0.2, 0) is 0 Å². The molecule has 0 aliphatic heterocycles. The van der Waals surface area contributed by atoms with E-state index in [4.69, 9.17) is 5.73 Å². The highest BCUT2D eigenvalue weighted by atomic mass is 32.2. The van der Waals surface area contributed by atoms with Gasteiger partial charge in [0.15, 0.2) is 0 Å². The Morgan fingerprint density at radius 3 is 3.00 bits per heavy atom. The zero-order valence-corrected chi connectivity index (χ0v) is 10.3. The second-order valence-corrected chi connectivity index (χ2v) is 4.57. The van der Waals surface area contributed by atoms with Crippen molar-refractivity contribution in [2.24, 2.45) is 0 Å². The Balaban J connectivity index is 2.59. The van der Waals surface area contributed by atoms with E-state index in [0.29, 0.717) is 12.0 Å². The van der Waals surface area contributed by atoms with Crippen LogP contribution in [0.5, 0.6) is 0 Å². The summed E-state index contributed by atoms with van der Waals surface area (Å²) in [4.78, 5) is 8.10. The van der Waals surface area contributed by atoms with Crippen molar-refractivity contribution >= 4 is 23.5 Å². The van der Waals surface area contributed by atoms with Crippen molar-refractivity contribution in [3.05, 3.63) is 11.8 Å². The molecular formula is C10H18N4S. The highest BCUT2D eigenvalue weighted by Gasteiger charge is 2.05. The minimum atomic E-state index is 0.320. The normalized spacial score (nSPS) is 12.5. The van der Waals surface area contributed by atoms with Crippen LogP contribution in [0.1, 0.15) is 18.9 Å². The van der Waals surface area contributed by atoms with E-state index in [1.54, 1.807) is 6.20 Å². The van der Waals surface area contributed by atoms with Crippen molar-refractivity contribution in [3.8, 4) is 0 Å². The van der Waals surface area contributed by atoms with E-state index in [0.717, 1.165) is 23.6 Å². The molecule has 0 spiro atoms. The van der Waals surface area contributed by atoms with Crippen LogP contribution in [0, 0.1) is 6.92 Å². The highest BCUT2D eigenvalue weighted by Crippen LogP contribution is 2.13. The monoisotopic (exact) mass is 226 g/mol. The Morgan fingerprint density at radius 1 is 1.60 bits per heavy atom. The van der Waals surface area contributed by atoms with Crippen LogP contribution >= 0.6 is 11.8 Å². The van der Waals surface area contributed by atoms with E-state index in [2.05, 4.69) is 28.5 Å². The second kappa shape index (κ2) is 5.80. The molecule has 84 valence electrons. The fourth-order valence-electron chi connectivity index (χ4n) is 1.20. The first-order chi connectivity index (χ1) is 7.13. The molecular weight excluding hydrogens is 208 g/mol. The summed E-state index contributed by atoms with van der Waals surface area (Å²) in [5.74, 6) is 2.31. The van der Waals surface area contributed by atoms with E-state index < -0.39 is 0 Å². The molecule has 0 saturated heterocycles. The van der Waals surface area contributed by atoms with Gasteiger partial charge < -0.3 is 11.1 Å². The maximum atomic E-state index is 5.54. The standard InChI is InChI=1S/C10H18N4S/c1-7-6-12-10(11)14-9(7)13-8(2)4-5-15-3/h6,8H,4-5H2,1-3H3,(H3,11,12,13,14). The third kappa shape index (κ3) is 3.95. The van der Waals surface area contributed by atoms with Gasteiger partial charge >= 0.3 is 0 Å². The van der Waals surface area contributed by atoms with Gasteiger partial charge in [0.2, 0.25) is 5.95 Å². The zero-order valence-electron chi connectivity index (χ0n) is 9.45. The molecule has 0 radical (unpaired) electrons. The van der Waals surface area contributed by atoms with Gasteiger partial charge in [-0.2, -0.15) is 16.7 Å². The number of thioether (sulfide) groups is 1. The molecule has 0 saturated carbocycles. The van der Waals surface area contributed by atoms with Gasteiger partial charge in [0.1, 0.15) is 5.82 Å². The predicted molar refractivity (Wildman–Crippen MR) is 67.3 cm³/mol. The van der Waals surface area contributed by atoms with E-state index >= 15 is 0 Å². The first-order valence-corrected chi connectivity index (χ1v) is 6.37. The SMILES string of the molecule is CSCCC(C)Nc1nc(N)ncc1C. The smallest absolute Gasteiger partial charge is 0.221 e. The highest BCUT2D eigenvalue weighted by molar-refractivity contribution is 7.98. The van der Waals surface area contributed by atoms with E-state index in [1.807, 2.05) is 18.7 Å². The Bertz CT molecular complexity index is 316. The summed E-state index contributed by atoms with van der Waals surface area (Å²) < 4.78 is 0. The molecule has 5 heteroatoms. The Kier molecular flexibility index (Phi) is 4.68. The number of hydrogen-bond acceptors (Lipinski definition) is 5. The molecule has 0 bridgehead atoms. The van der Waals surface area contributed by atoms with Gasteiger partial charge in [0.05, 0.1) is 0 Å². The summed E-state index contributed by atoms with van der Waals surface area (Å²) in [6, 6.07) is 0.408. The molecule has 1 rings (SSSR count). The number of nitrogens with two attached hydrogens (primary N) is 1. The molecule has 1 aromatic rings. The van der Waals surface area contributed by atoms with Crippen LogP contribution in [0.4, 0.5) is 11.8 Å². The lowest BCUT2D eigenvalue weighted by atomic mass is 10.2. The van der Waals surface area contributed by atoms with Crippen LogP contribution in [-0.4, -0.2) is 28.0 Å². The summed E-state index contributed by atoms with van der Waals surface area (Å²) in [6.07, 6.45) is 4.97. The molecule has 0 fully saturated rings. The van der Waals surface area contributed by atoms with Crippen molar-refractivity contribution < 1.29 is 0 Å². The lowest BCUT2D eigenvalue weighted by molar-refractivity contribution is 0.765. The van der Waals surface area contributed by atoms with Crippen LogP contribution in [0.2, 0.25) is 0 Å². The molecule has 1 heterocycles. The lowest BCUT2D eigenvalue weighted by Gasteiger charge is -2.15. The van der Waals surface area contributed by atoms with Crippen LogP contribution < -0.4 is 11.1 Å². The first kappa shape index (κ1) is 12.1. The molecule has 0 aromatic carbocycles. The summed E-state index contributed by atoms with van der Waals surface area (Å²) in [7, 11) is 0. The number of hydrogen-bond donors (Lipinski definition) is 2. The van der Waals surface area contributed by atoms with Gasteiger partial charge in [0.25, 0.3) is 0 Å². The number of rotatable bonds is 5. The number of nitrogens with one attached hydrogen (secondary N) is 1. The maximum Gasteiger partial charge on any atom is 0.221 e. The van der Waals surface area contributed by atoms with Gasteiger partial charge in [-0.25, -0.2) is 4.98 Å². The molecule has 1 unspecified atom stereocenters. The van der Waals surface area contributed by atoms with Gasteiger partial charge in [-0.3, -0.25) is 0 Å². The summed E-state index contributed by atoms with van der Waals surface area (Å²) in [5, 5.41) is 3.34. The molecule has 1 atom stereocenters. The van der Waals surface area contributed by atoms with Crippen LogP contribution in [0.3, 0.4) is 0 Å². The molecule has 0 aliphatic rings. The maximum absolute atomic E-state index is 5.54. The largest absolute Gasteiger partial charge is 0.368 e. The average molecular weight is 226 g/mol. The lowest BCUT2D eigenvalue weighted by Crippen LogP contribution is -2.18. The number of nitrogens with zero attached hydrogens (tertiary/aromatic N) is 2. The van der Waals surface area contributed by atoms with Gasteiger partial charge in [-0.05, 0) is 32.3 Å². The van der Waals surface area contributed by atoms with Gasteiger partial charge in [-0.1, -0.05) is 0 Å². The first-order valence-electron chi connectivity index (χ1n) is 4.98. The topological polar surface area (TPSA) is 63.8 Å². The minimum absolute atomic E-state index is 0.320. The minimum Gasteiger partial charge on any atom is -0.368 e. The molecule has 4 nitrogen and oxygen atoms in total. The van der Waals surface area contributed by atoms with Crippen LogP contribution in [0.25, 0.3) is 0 Å². The number of aromatic nitrogens is 2. The number of aryl methyl sites for hydroxylation is 1. The summed E-state index contributed by atoms with van der Waals surface area (Å²) in [5.41, 5.74) is 6.56. The van der Waals surface area contributed by atoms with E-state index in [-0.39, 0.29) is 0 Å². The molecule has 3 N–H and O–H groups in total. The van der Waals surface area contributed by atoms with Crippen molar-refractivity contribution in [1.82, 2.24) is 9.97 Å². The second-order valence-electron chi connectivity index (χ2n) is 3.59. The Labute approximate surface area is 95.1 Å². The summed E-state index contributed by atoms with van der Waals surface area (Å²) >= 11 is 1.85. The fraction of sp³-hybridized carbons (Fsp3) is 0.600. The van der Waals surface area contributed by atoms with Crippen molar-refractivity contribution in [2.75, 3.05) is 23.1 Å². The fourth-order valence-corrected chi connectivity index (χ4v) is 1.79. The van der Waals surface area contributed by atoms with Gasteiger partial charge in [-0.15, -0.1) is 0 Å². The molecule has 0 amide bonds.